The van der Waals surface area contributed by atoms with Gasteiger partial charge in [0.1, 0.15) is 23.1 Å². The van der Waals surface area contributed by atoms with Crippen LogP contribution in [-0.4, -0.2) is 36.9 Å². The largest absolute Gasteiger partial charge is 0.508 e. The summed E-state index contributed by atoms with van der Waals surface area (Å²) >= 11 is 0. The fourth-order valence-corrected chi connectivity index (χ4v) is 2.69. The van der Waals surface area contributed by atoms with Gasteiger partial charge in [-0.3, -0.25) is 4.79 Å². The number of para-hydroxylation sites is 1. The number of phenolic OH excluding ortho intramolecular Hbond substituents is 2. The summed E-state index contributed by atoms with van der Waals surface area (Å²) in [7, 11) is 3.11. The normalized spacial score (nSPS) is 11.1. The molecule has 3 N–H and O–H groups in total. The first-order chi connectivity index (χ1) is 14.0. The zero-order chi connectivity index (χ0) is 21.2. The third-order valence-electron chi connectivity index (χ3n) is 4.01. The summed E-state index contributed by atoms with van der Waals surface area (Å²) in [5.74, 6) is 0.548. The molecule has 1 amide bonds. The lowest BCUT2D eigenvalue weighted by molar-refractivity contribution is -0.117. The van der Waals surface area contributed by atoms with Crippen molar-refractivity contribution in [3.63, 3.8) is 0 Å². The second kappa shape index (κ2) is 10.4. The van der Waals surface area contributed by atoms with Crippen LogP contribution in [0.4, 0.5) is 0 Å². The first-order valence-electron chi connectivity index (χ1n) is 8.78. The molecule has 7 nitrogen and oxygen atoms in total. The highest BCUT2D eigenvalue weighted by molar-refractivity contribution is 5.97. The molecule has 0 atom stereocenters. The Hall–Kier alpha value is -3.92. The third-order valence-corrected chi connectivity index (χ3v) is 4.01. The van der Waals surface area contributed by atoms with Crippen LogP contribution < -0.4 is 14.8 Å². The van der Waals surface area contributed by atoms with Crippen molar-refractivity contribution in [3.8, 4) is 29.1 Å². The van der Waals surface area contributed by atoms with E-state index in [9.17, 15) is 20.3 Å². The number of aromatic hydroxyl groups is 2. The number of phenols is 2. The number of hydrogen-bond donors (Lipinski definition) is 3. The Morgan fingerprint density at radius 2 is 1.90 bits per heavy atom. The second-order valence-electron chi connectivity index (χ2n) is 5.99. The minimum Gasteiger partial charge on any atom is -0.508 e. The Morgan fingerprint density at radius 1 is 1.17 bits per heavy atom. The van der Waals surface area contributed by atoms with Gasteiger partial charge in [0, 0.05) is 12.6 Å². The van der Waals surface area contributed by atoms with E-state index in [-0.39, 0.29) is 17.1 Å². The van der Waals surface area contributed by atoms with Crippen LogP contribution in [0.5, 0.6) is 23.0 Å². The number of amides is 1. The van der Waals surface area contributed by atoms with Crippen molar-refractivity contribution in [2.45, 2.75) is 6.42 Å². The SMILES string of the molecule is COc1cccc(CCNC(=O)C(C#N)=CC=Cc2cc(O)cc(O)c2)c1OC. The maximum atomic E-state index is 12.2. The minimum absolute atomic E-state index is 0.0665. The van der Waals surface area contributed by atoms with Crippen molar-refractivity contribution < 1.29 is 24.5 Å². The molecule has 2 rings (SSSR count). The Balaban J connectivity index is 1.99. The Kier molecular flexibility index (Phi) is 7.68. The molecule has 0 spiro atoms. The van der Waals surface area contributed by atoms with Crippen molar-refractivity contribution in [1.29, 1.82) is 5.26 Å². The second-order valence-corrected chi connectivity index (χ2v) is 5.99. The molecule has 2 aromatic carbocycles. The topological polar surface area (TPSA) is 112 Å². The van der Waals surface area contributed by atoms with E-state index in [4.69, 9.17) is 9.47 Å². The minimum atomic E-state index is -0.502. The summed E-state index contributed by atoms with van der Waals surface area (Å²) in [6.07, 6.45) is 4.92. The lowest BCUT2D eigenvalue weighted by Crippen LogP contribution is -2.26. The molecule has 2 aromatic rings. The maximum absolute atomic E-state index is 12.2. The van der Waals surface area contributed by atoms with Crippen LogP contribution in [0, 0.1) is 11.3 Å². The quantitative estimate of drug-likeness (QED) is 0.361. The molecule has 0 unspecified atom stereocenters. The predicted octanol–water partition coefficient (Wildman–Crippen LogP) is 2.94. The van der Waals surface area contributed by atoms with Crippen LogP contribution >= 0.6 is 0 Å². The zero-order valence-corrected chi connectivity index (χ0v) is 16.2. The lowest BCUT2D eigenvalue weighted by atomic mass is 10.1. The Bertz CT molecular complexity index is 953. The number of nitriles is 1. The summed E-state index contributed by atoms with van der Waals surface area (Å²) in [4.78, 5) is 12.2. The average Bonchev–Trinajstić information content (AvgIpc) is 2.70. The van der Waals surface area contributed by atoms with Gasteiger partial charge in [0.2, 0.25) is 0 Å². The average molecular weight is 394 g/mol. The summed E-state index contributed by atoms with van der Waals surface area (Å²) in [5, 5.41) is 30.8. The zero-order valence-electron chi connectivity index (χ0n) is 16.2. The highest BCUT2D eigenvalue weighted by Gasteiger charge is 2.11. The molecule has 29 heavy (non-hydrogen) atoms. The molecule has 0 radical (unpaired) electrons. The summed E-state index contributed by atoms with van der Waals surface area (Å²) in [6, 6.07) is 11.4. The summed E-state index contributed by atoms with van der Waals surface area (Å²) in [5.41, 5.74) is 1.34. The van der Waals surface area contributed by atoms with Gasteiger partial charge in [-0.25, -0.2) is 0 Å². The van der Waals surface area contributed by atoms with Gasteiger partial charge in [-0.15, -0.1) is 0 Å². The van der Waals surface area contributed by atoms with Gasteiger partial charge in [-0.05, 0) is 41.8 Å². The van der Waals surface area contributed by atoms with E-state index < -0.39 is 5.91 Å². The molecule has 7 heteroatoms. The van der Waals surface area contributed by atoms with Crippen LogP contribution in [0.3, 0.4) is 0 Å². The molecule has 0 bridgehead atoms. The van der Waals surface area contributed by atoms with Gasteiger partial charge in [-0.1, -0.05) is 24.3 Å². The highest BCUT2D eigenvalue weighted by atomic mass is 16.5. The maximum Gasteiger partial charge on any atom is 0.261 e. The molecule has 0 saturated carbocycles. The van der Waals surface area contributed by atoms with Crippen LogP contribution in [0.15, 0.2) is 54.1 Å². The molecule has 0 heterocycles. The van der Waals surface area contributed by atoms with E-state index in [1.54, 1.807) is 26.4 Å². The number of benzene rings is 2. The summed E-state index contributed by atoms with van der Waals surface area (Å²) in [6.45, 7) is 0.311. The van der Waals surface area contributed by atoms with E-state index in [2.05, 4.69) is 5.32 Å². The monoisotopic (exact) mass is 394 g/mol. The van der Waals surface area contributed by atoms with Crippen molar-refractivity contribution in [2.75, 3.05) is 20.8 Å². The van der Waals surface area contributed by atoms with Gasteiger partial charge < -0.3 is 25.0 Å². The summed E-state index contributed by atoms with van der Waals surface area (Å²) < 4.78 is 10.6. The highest BCUT2D eigenvalue weighted by Crippen LogP contribution is 2.30. The number of hydrogen-bond acceptors (Lipinski definition) is 6. The smallest absolute Gasteiger partial charge is 0.261 e. The molecular formula is C22H22N2O5. The number of ether oxygens (including phenoxy) is 2. The van der Waals surface area contributed by atoms with E-state index in [0.717, 1.165) is 5.56 Å². The first kappa shape index (κ1) is 21.4. The molecule has 0 fully saturated rings. The molecule has 0 aromatic heterocycles. The molecule has 0 aliphatic rings. The fourth-order valence-electron chi connectivity index (χ4n) is 2.69. The van der Waals surface area contributed by atoms with Crippen molar-refractivity contribution in [2.24, 2.45) is 0 Å². The van der Waals surface area contributed by atoms with Crippen LogP contribution in [0.25, 0.3) is 6.08 Å². The van der Waals surface area contributed by atoms with Crippen LogP contribution in [0.1, 0.15) is 11.1 Å². The molecule has 150 valence electrons. The van der Waals surface area contributed by atoms with Gasteiger partial charge in [0.15, 0.2) is 11.5 Å². The van der Waals surface area contributed by atoms with E-state index in [0.29, 0.717) is 30.0 Å². The van der Waals surface area contributed by atoms with Gasteiger partial charge >= 0.3 is 0 Å². The molecule has 0 aliphatic heterocycles. The number of nitrogens with one attached hydrogen (secondary N) is 1. The van der Waals surface area contributed by atoms with Crippen LogP contribution in [0.2, 0.25) is 0 Å². The fraction of sp³-hybridized carbons (Fsp3) is 0.182. The van der Waals surface area contributed by atoms with Crippen LogP contribution in [-0.2, 0) is 11.2 Å². The third kappa shape index (κ3) is 6.04. The van der Waals surface area contributed by atoms with E-state index in [1.165, 1.54) is 30.4 Å². The number of rotatable bonds is 8. The predicted molar refractivity (Wildman–Crippen MR) is 109 cm³/mol. The van der Waals surface area contributed by atoms with Gasteiger partial charge in [0.05, 0.1) is 14.2 Å². The number of carbonyl (C=O) groups is 1. The Morgan fingerprint density at radius 3 is 2.52 bits per heavy atom. The Labute approximate surface area is 169 Å². The lowest BCUT2D eigenvalue weighted by Gasteiger charge is -2.12. The number of methoxy groups -OCH3 is 2. The van der Waals surface area contributed by atoms with E-state index in [1.807, 2.05) is 18.2 Å². The molecule has 0 aliphatic carbocycles. The van der Waals surface area contributed by atoms with Gasteiger partial charge in [-0.2, -0.15) is 5.26 Å². The molecule has 0 saturated heterocycles. The number of nitrogens with zero attached hydrogens (tertiary/aromatic N) is 1. The standard InChI is InChI=1S/C22H22N2O5/c1-28-20-8-4-6-16(21(20)29-2)9-10-24-22(27)17(14-23)7-3-5-15-11-18(25)13-19(26)12-15/h3-8,11-13,25-26H,9-10H2,1-2H3,(H,24,27). The number of carbonyl (C=O) groups excluding carboxylic acids is 1. The van der Waals surface area contributed by atoms with Crippen molar-refractivity contribution >= 4 is 12.0 Å². The molecular weight excluding hydrogens is 372 g/mol. The van der Waals surface area contributed by atoms with E-state index >= 15 is 0 Å². The number of allylic oxidation sites excluding steroid dienone is 2. The first-order valence-corrected chi connectivity index (χ1v) is 8.78. The van der Waals surface area contributed by atoms with Crippen molar-refractivity contribution in [1.82, 2.24) is 5.32 Å². The van der Waals surface area contributed by atoms with Crippen molar-refractivity contribution in [3.05, 3.63) is 65.3 Å². The van der Waals surface area contributed by atoms with Gasteiger partial charge in [0.25, 0.3) is 5.91 Å².